The number of hydrogen-bond acceptors (Lipinski definition) is 4. The van der Waals surface area contributed by atoms with Gasteiger partial charge in [0.1, 0.15) is 5.60 Å². The van der Waals surface area contributed by atoms with Crippen LogP contribution in [0.5, 0.6) is 0 Å². The molecule has 19 heavy (non-hydrogen) atoms. The SMILES string of the molecule is COCC1(CNC(=O)C2(O)CCN(C)CC2)CCC1. The highest BCUT2D eigenvalue weighted by Gasteiger charge is 2.41. The molecule has 1 aliphatic carbocycles. The summed E-state index contributed by atoms with van der Waals surface area (Å²) in [7, 11) is 3.71. The Labute approximate surface area is 115 Å². The van der Waals surface area contributed by atoms with Gasteiger partial charge in [0.25, 0.3) is 5.91 Å². The predicted molar refractivity (Wildman–Crippen MR) is 72.9 cm³/mol. The molecule has 1 amide bonds. The summed E-state index contributed by atoms with van der Waals surface area (Å²) < 4.78 is 5.25. The molecule has 0 spiro atoms. The molecule has 110 valence electrons. The lowest BCUT2D eigenvalue weighted by molar-refractivity contribution is -0.145. The van der Waals surface area contributed by atoms with E-state index in [1.165, 1.54) is 6.42 Å². The van der Waals surface area contributed by atoms with Crippen molar-refractivity contribution in [2.24, 2.45) is 5.41 Å². The van der Waals surface area contributed by atoms with E-state index in [1.54, 1.807) is 7.11 Å². The highest BCUT2D eigenvalue weighted by Crippen LogP contribution is 2.40. The van der Waals surface area contributed by atoms with Crippen LogP contribution < -0.4 is 5.32 Å². The van der Waals surface area contributed by atoms with Crippen molar-refractivity contribution in [1.29, 1.82) is 0 Å². The fourth-order valence-corrected chi connectivity index (χ4v) is 3.00. The van der Waals surface area contributed by atoms with E-state index >= 15 is 0 Å². The molecule has 0 unspecified atom stereocenters. The van der Waals surface area contributed by atoms with Gasteiger partial charge in [0.2, 0.25) is 0 Å². The zero-order chi connectivity index (χ0) is 13.9. The maximum atomic E-state index is 12.2. The van der Waals surface area contributed by atoms with Crippen LogP contribution >= 0.6 is 0 Å². The van der Waals surface area contributed by atoms with E-state index in [1.807, 2.05) is 7.05 Å². The van der Waals surface area contributed by atoms with Crippen molar-refractivity contribution in [3.05, 3.63) is 0 Å². The molecule has 0 radical (unpaired) electrons. The summed E-state index contributed by atoms with van der Waals surface area (Å²) in [6, 6.07) is 0. The van der Waals surface area contributed by atoms with Gasteiger partial charge in [-0.2, -0.15) is 0 Å². The largest absolute Gasteiger partial charge is 0.384 e. The molecule has 1 saturated carbocycles. The number of nitrogens with zero attached hydrogens (tertiary/aromatic N) is 1. The first-order chi connectivity index (χ1) is 9.00. The number of ether oxygens (including phenoxy) is 1. The third-order valence-corrected chi connectivity index (χ3v) is 4.73. The van der Waals surface area contributed by atoms with Gasteiger partial charge in [0.15, 0.2) is 0 Å². The van der Waals surface area contributed by atoms with Gasteiger partial charge in [-0.15, -0.1) is 0 Å². The normalized spacial score (nSPS) is 25.6. The van der Waals surface area contributed by atoms with Crippen molar-refractivity contribution in [3.8, 4) is 0 Å². The molecule has 1 aliphatic heterocycles. The van der Waals surface area contributed by atoms with Crippen LogP contribution in [0.4, 0.5) is 0 Å². The average Bonchev–Trinajstić information content (AvgIpc) is 2.36. The van der Waals surface area contributed by atoms with Gasteiger partial charge in [-0.1, -0.05) is 6.42 Å². The lowest BCUT2D eigenvalue weighted by Gasteiger charge is -2.42. The molecule has 1 heterocycles. The minimum atomic E-state index is -1.18. The number of rotatable bonds is 5. The number of likely N-dealkylation sites (tertiary alicyclic amines) is 1. The Kier molecular flexibility index (Phi) is 4.48. The van der Waals surface area contributed by atoms with E-state index in [2.05, 4.69) is 10.2 Å². The maximum Gasteiger partial charge on any atom is 0.252 e. The molecule has 0 bridgehead atoms. The first kappa shape index (κ1) is 14.8. The molecule has 0 aromatic carbocycles. The number of carbonyl (C=O) groups is 1. The highest BCUT2D eigenvalue weighted by atomic mass is 16.5. The number of methoxy groups -OCH3 is 1. The smallest absolute Gasteiger partial charge is 0.252 e. The zero-order valence-corrected chi connectivity index (χ0v) is 12.1. The van der Waals surface area contributed by atoms with Crippen LogP contribution in [0.25, 0.3) is 0 Å². The number of amides is 1. The van der Waals surface area contributed by atoms with Crippen LogP contribution in [0.2, 0.25) is 0 Å². The van der Waals surface area contributed by atoms with Gasteiger partial charge >= 0.3 is 0 Å². The first-order valence-corrected chi connectivity index (χ1v) is 7.18. The van der Waals surface area contributed by atoms with Crippen molar-refractivity contribution in [2.75, 3.05) is 40.4 Å². The average molecular weight is 270 g/mol. The summed E-state index contributed by atoms with van der Waals surface area (Å²) in [6.45, 7) is 2.85. The second-order valence-corrected chi connectivity index (χ2v) is 6.30. The fourth-order valence-electron chi connectivity index (χ4n) is 3.00. The Hall–Kier alpha value is -0.650. The topological polar surface area (TPSA) is 61.8 Å². The Morgan fingerprint density at radius 1 is 1.32 bits per heavy atom. The van der Waals surface area contributed by atoms with Crippen molar-refractivity contribution in [2.45, 2.75) is 37.7 Å². The van der Waals surface area contributed by atoms with Crippen LogP contribution in [0.3, 0.4) is 0 Å². The second kappa shape index (κ2) is 5.77. The fraction of sp³-hybridized carbons (Fsp3) is 0.929. The van der Waals surface area contributed by atoms with Crippen LogP contribution in [-0.4, -0.2) is 61.9 Å². The number of nitrogens with one attached hydrogen (secondary N) is 1. The van der Waals surface area contributed by atoms with E-state index in [9.17, 15) is 9.90 Å². The lowest BCUT2D eigenvalue weighted by atomic mass is 9.69. The van der Waals surface area contributed by atoms with E-state index in [-0.39, 0.29) is 11.3 Å². The summed E-state index contributed by atoms with van der Waals surface area (Å²) in [5.41, 5.74) is -1.07. The van der Waals surface area contributed by atoms with Gasteiger partial charge in [0.05, 0.1) is 6.61 Å². The van der Waals surface area contributed by atoms with Gasteiger partial charge in [0, 0.05) is 32.2 Å². The van der Waals surface area contributed by atoms with E-state index < -0.39 is 5.60 Å². The highest BCUT2D eigenvalue weighted by molar-refractivity contribution is 5.85. The molecule has 1 saturated heterocycles. The zero-order valence-electron chi connectivity index (χ0n) is 12.1. The molecule has 2 rings (SSSR count). The third kappa shape index (κ3) is 3.27. The number of hydrogen-bond donors (Lipinski definition) is 2. The van der Waals surface area contributed by atoms with E-state index in [0.717, 1.165) is 25.9 Å². The standard InChI is InChI=1S/C14H26N2O3/c1-16-8-6-14(18,7-9-16)12(17)15-10-13(11-19-2)4-3-5-13/h18H,3-11H2,1-2H3,(H,15,17). The summed E-state index contributed by atoms with van der Waals surface area (Å²) in [5.74, 6) is -0.206. The van der Waals surface area contributed by atoms with Crippen LogP contribution in [0.15, 0.2) is 0 Å². The quantitative estimate of drug-likeness (QED) is 0.758. The van der Waals surface area contributed by atoms with Crippen LogP contribution in [0, 0.1) is 5.41 Å². The van der Waals surface area contributed by atoms with Gasteiger partial charge in [-0.25, -0.2) is 0 Å². The first-order valence-electron chi connectivity index (χ1n) is 7.18. The Morgan fingerprint density at radius 2 is 1.95 bits per heavy atom. The van der Waals surface area contributed by atoms with Crippen molar-refractivity contribution in [1.82, 2.24) is 10.2 Å². The molecule has 5 nitrogen and oxygen atoms in total. The molecule has 2 aliphatic rings. The molecule has 0 aromatic rings. The number of aliphatic hydroxyl groups is 1. The minimum absolute atomic E-state index is 0.103. The van der Waals surface area contributed by atoms with Crippen LogP contribution in [0.1, 0.15) is 32.1 Å². The molecule has 0 atom stereocenters. The van der Waals surface area contributed by atoms with E-state index in [4.69, 9.17) is 4.74 Å². The van der Waals surface area contributed by atoms with E-state index in [0.29, 0.717) is 26.0 Å². The number of carbonyl (C=O) groups excluding carboxylic acids is 1. The predicted octanol–water partition coefficient (Wildman–Crippen LogP) is 0.376. The summed E-state index contributed by atoms with van der Waals surface area (Å²) in [5, 5.41) is 13.4. The van der Waals surface area contributed by atoms with Gasteiger partial charge in [-0.05, 0) is 32.7 Å². The Morgan fingerprint density at radius 3 is 2.42 bits per heavy atom. The van der Waals surface area contributed by atoms with Crippen molar-refractivity contribution < 1.29 is 14.6 Å². The second-order valence-electron chi connectivity index (χ2n) is 6.30. The molecule has 0 aromatic heterocycles. The monoisotopic (exact) mass is 270 g/mol. The van der Waals surface area contributed by atoms with Gasteiger partial charge in [-0.3, -0.25) is 4.79 Å². The number of piperidine rings is 1. The molecular formula is C14H26N2O3. The Balaban J connectivity index is 1.83. The third-order valence-electron chi connectivity index (χ3n) is 4.73. The molecule has 2 fully saturated rings. The summed E-state index contributed by atoms with van der Waals surface area (Å²) >= 11 is 0. The van der Waals surface area contributed by atoms with Crippen LogP contribution in [-0.2, 0) is 9.53 Å². The molecular weight excluding hydrogens is 244 g/mol. The van der Waals surface area contributed by atoms with Crippen molar-refractivity contribution >= 4 is 5.91 Å². The minimum Gasteiger partial charge on any atom is -0.384 e. The van der Waals surface area contributed by atoms with Crippen molar-refractivity contribution in [3.63, 3.8) is 0 Å². The molecule has 2 N–H and O–H groups in total. The summed E-state index contributed by atoms with van der Waals surface area (Å²) in [4.78, 5) is 14.3. The summed E-state index contributed by atoms with van der Waals surface area (Å²) in [6.07, 6.45) is 4.44. The van der Waals surface area contributed by atoms with Gasteiger partial charge < -0.3 is 20.1 Å². The Bertz CT molecular complexity index is 321. The maximum absolute atomic E-state index is 12.2. The molecule has 5 heteroatoms. The lowest BCUT2D eigenvalue weighted by Crippen LogP contribution is -2.55.